The zero-order valence-corrected chi connectivity index (χ0v) is 8.82. The van der Waals surface area contributed by atoms with E-state index in [-0.39, 0.29) is 10.0 Å². The van der Waals surface area contributed by atoms with Crippen molar-refractivity contribution < 1.29 is 19.2 Å². The highest BCUT2D eigenvalue weighted by molar-refractivity contribution is 9.10. The number of hydrogen-bond acceptors (Lipinski definition) is 3. The number of halogens is 2. The SMILES string of the molecule is O=C(O)Cc1cc(Br)cc(F)c1[N+](=O)[O-]. The number of aliphatic carboxylic acids is 1. The summed E-state index contributed by atoms with van der Waals surface area (Å²) in [5.74, 6) is -2.30. The minimum Gasteiger partial charge on any atom is -0.481 e. The molecule has 7 heteroatoms. The summed E-state index contributed by atoms with van der Waals surface area (Å²) in [6.07, 6.45) is -0.591. The van der Waals surface area contributed by atoms with E-state index >= 15 is 0 Å². The van der Waals surface area contributed by atoms with Crippen LogP contribution >= 0.6 is 15.9 Å². The average Bonchev–Trinajstić information content (AvgIpc) is 1.99. The second kappa shape index (κ2) is 4.35. The normalized spacial score (nSPS) is 10.0. The molecule has 0 atom stereocenters. The van der Waals surface area contributed by atoms with Crippen molar-refractivity contribution in [2.45, 2.75) is 6.42 Å². The van der Waals surface area contributed by atoms with Crippen LogP contribution in [0.1, 0.15) is 5.56 Å². The Hall–Kier alpha value is -1.50. The number of nitro groups is 1. The lowest BCUT2D eigenvalue weighted by atomic mass is 10.1. The largest absolute Gasteiger partial charge is 0.481 e. The second-order valence-electron chi connectivity index (χ2n) is 2.72. The van der Waals surface area contributed by atoms with Gasteiger partial charge in [-0.05, 0) is 12.1 Å². The van der Waals surface area contributed by atoms with Gasteiger partial charge in [0.25, 0.3) is 0 Å². The van der Waals surface area contributed by atoms with Crippen molar-refractivity contribution in [3.8, 4) is 0 Å². The van der Waals surface area contributed by atoms with E-state index in [0.29, 0.717) is 0 Å². The molecule has 0 spiro atoms. The molecule has 1 N–H and O–H groups in total. The van der Waals surface area contributed by atoms with E-state index in [4.69, 9.17) is 5.11 Å². The van der Waals surface area contributed by atoms with Gasteiger partial charge < -0.3 is 5.11 Å². The topological polar surface area (TPSA) is 80.4 Å². The van der Waals surface area contributed by atoms with Gasteiger partial charge in [0.05, 0.1) is 11.3 Å². The van der Waals surface area contributed by atoms with Crippen molar-refractivity contribution in [2.75, 3.05) is 0 Å². The van der Waals surface area contributed by atoms with Gasteiger partial charge in [0.2, 0.25) is 5.82 Å². The molecule has 0 aliphatic carbocycles. The smallest absolute Gasteiger partial charge is 0.308 e. The molecular formula is C8H5BrFNO4. The van der Waals surface area contributed by atoms with Crippen LogP contribution < -0.4 is 0 Å². The summed E-state index contributed by atoms with van der Waals surface area (Å²) in [4.78, 5) is 20.0. The third-order valence-corrected chi connectivity index (χ3v) is 2.09. The summed E-state index contributed by atoms with van der Waals surface area (Å²) >= 11 is 2.93. The molecule has 1 aromatic carbocycles. The number of nitro benzene ring substituents is 1. The summed E-state index contributed by atoms with van der Waals surface area (Å²) in [5.41, 5.74) is -0.958. The molecule has 0 aliphatic heterocycles. The third-order valence-electron chi connectivity index (χ3n) is 1.63. The van der Waals surface area contributed by atoms with E-state index in [1.54, 1.807) is 0 Å². The minimum absolute atomic E-state index is 0.167. The van der Waals surface area contributed by atoms with Crippen LogP contribution in [-0.4, -0.2) is 16.0 Å². The number of nitrogens with zero attached hydrogens (tertiary/aromatic N) is 1. The van der Waals surface area contributed by atoms with Crippen LogP contribution in [0.5, 0.6) is 0 Å². The average molecular weight is 278 g/mol. The Kier molecular flexibility index (Phi) is 3.35. The lowest BCUT2D eigenvalue weighted by Crippen LogP contribution is -2.05. The van der Waals surface area contributed by atoms with Gasteiger partial charge in [-0.1, -0.05) is 15.9 Å². The zero-order chi connectivity index (χ0) is 11.6. The number of benzene rings is 1. The van der Waals surface area contributed by atoms with Crippen molar-refractivity contribution in [1.82, 2.24) is 0 Å². The molecule has 0 aromatic heterocycles. The molecule has 0 heterocycles. The molecule has 0 unspecified atom stereocenters. The van der Waals surface area contributed by atoms with Gasteiger partial charge in [-0.2, -0.15) is 4.39 Å². The maximum absolute atomic E-state index is 13.1. The number of hydrogen-bond donors (Lipinski definition) is 1. The minimum atomic E-state index is -1.25. The highest BCUT2D eigenvalue weighted by atomic mass is 79.9. The second-order valence-corrected chi connectivity index (χ2v) is 3.64. The molecule has 0 fully saturated rings. The lowest BCUT2D eigenvalue weighted by Gasteiger charge is -2.01. The van der Waals surface area contributed by atoms with Crippen LogP contribution in [0.4, 0.5) is 10.1 Å². The van der Waals surface area contributed by atoms with Gasteiger partial charge in [-0.3, -0.25) is 14.9 Å². The molecule has 0 saturated carbocycles. The zero-order valence-electron chi connectivity index (χ0n) is 7.24. The Bertz CT molecular complexity index is 435. The van der Waals surface area contributed by atoms with Gasteiger partial charge in [-0.25, -0.2) is 0 Å². The van der Waals surface area contributed by atoms with Gasteiger partial charge in [0.15, 0.2) is 0 Å². The molecule has 5 nitrogen and oxygen atoms in total. The quantitative estimate of drug-likeness (QED) is 0.678. The van der Waals surface area contributed by atoms with E-state index < -0.39 is 28.8 Å². The predicted molar refractivity (Wildman–Crippen MR) is 52.1 cm³/mol. The summed E-state index contributed by atoms with van der Waals surface area (Å²) in [5, 5.41) is 19.0. The lowest BCUT2D eigenvalue weighted by molar-refractivity contribution is -0.388. The highest BCUT2D eigenvalue weighted by Crippen LogP contribution is 2.27. The molecule has 0 radical (unpaired) electrons. The fourth-order valence-electron chi connectivity index (χ4n) is 1.12. The van der Waals surface area contributed by atoms with E-state index in [2.05, 4.69) is 15.9 Å². The van der Waals surface area contributed by atoms with Crippen molar-refractivity contribution in [3.63, 3.8) is 0 Å². The van der Waals surface area contributed by atoms with Crippen LogP contribution in [0.3, 0.4) is 0 Å². The van der Waals surface area contributed by atoms with Gasteiger partial charge >= 0.3 is 11.7 Å². The maximum Gasteiger partial charge on any atom is 0.308 e. The summed E-state index contributed by atoms with van der Waals surface area (Å²) in [6, 6.07) is 2.14. The monoisotopic (exact) mass is 277 g/mol. The molecule has 1 aromatic rings. The van der Waals surface area contributed by atoms with Crippen molar-refractivity contribution in [1.29, 1.82) is 0 Å². The van der Waals surface area contributed by atoms with Crippen LogP contribution in [0.2, 0.25) is 0 Å². The molecule has 15 heavy (non-hydrogen) atoms. The molecule has 1 rings (SSSR count). The first kappa shape index (κ1) is 11.6. The molecule has 0 aliphatic rings. The Morgan fingerprint density at radius 3 is 2.67 bits per heavy atom. The number of carboxylic acids is 1. The van der Waals surface area contributed by atoms with Crippen molar-refractivity contribution >= 4 is 27.6 Å². The van der Waals surface area contributed by atoms with Crippen molar-refractivity contribution in [3.05, 3.63) is 38.1 Å². The predicted octanol–water partition coefficient (Wildman–Crippen LogP) is 2.12. The molecule has 0 amide bonds. The first-order chi connectivity index (χ1) is 6.91. The summed E-state index contributed by atoms with van der Waals surface area (Å²) in [7, 11) is 0. The van der Waals surface area contributed by atoms with Crippen molar-refractivity contribution in [2.24, 2.45) is 0 Å². The number of carboxylic acid groups (broad SMARTS) is 1. The van der Waals surface area contributed by atoms with Gasteiger partial charge in [0, 0.05) is 10.0 Å². The summed E-state index contributed by atoms with van der Waals surface area (Å²) in [6.45, 7) is 0. The standard InChI is InChI=1S/C8H5BrFNO4/c9-5-1-4(2-7(12)13)8(11(14)15)6(10)3-5/h1,3H,2H2,(H,12,13). The van der Waals surface area contributed by atoms with E-state index in [1.807, 2.05) is 0 Å². The Balaban J connectivity index is 3.33. The Morgan fingerprint density at radius 2 is 2.20 bits per heavy atom. The molecule has 0 saturated heterocycles. The highest BCUT2D eigenvalue weighted by Gasteiger charge is 2.22. The number of rotatable bonds is 3. The van der Waals surface area contributed by atoms with Crippen LogP contribution in [0.25, 0.3) is 0 Å². The van der Waals surface area contributed by atoms with E-state index in [1.165, 1.54) is 6.07 Å². The third kappa shape index (κ3) is 2.72. The molecular weight excluding hydrogens is 273 g/mol. The number of carbonyl (C=O) groups is 1. The summed E-state index contributed by atoms with van der Waals surface area (Å²) < 4.78 is 13.4. The van der Waals surface area contributed by atoms with Gasteiger partial charge in [0.1, 0.15) is 0 Å². The van der Waals surface area contributed by atoms with Crippen LogP contribution in [0.15, 0.2) is 16.6 Å². The maximum atomic E-state index is 13.1. The van der Waals surface area contributed by atoms with Crippen LogP contribution in [0, 0.1) is 15.9 Å². The van der Waals surface area contributed by atoms with E-state index in [0.717, 1.165) is 6.07 Å². The molecule has 80 valence electrons. The Labute approximate surface area is 91.8 Å². The molecule has 0 bridgehead atoms. The Morgan fingerprint density at radius 1 is 1.60 bits per heavy atom. The van der Waals surface area contributed by atoms with Crippen LogP contribution in [-0.2, 0) is 11.2 Å². The van der Waals surface area contributed by atoms with E-state index in [9.17, 15) is 19.3 Å². The fraction of sp³-hybridized carbons (Fsp3) is 0.125. The first-order valence-electron chi connectivity index (χ1n) is 3.76. The van der Waals surface area contributed by atoms with Gasteiger partial charge in [-0.15, -0.1) is 0 Å². The first-order valence-corrected chi connectivity index (χ1v) is 4.55. The fourth-order valence-corrected chi connectivity index (χ4v) is 1.60.